The first-order valence-corrected chi connectivity index (χ1v) is 12.1. The predicted octanol–water partition coefficient (Wildman–Crippen LogP) is 4.61. The van der Waals surface area contributed by atoms with Crippen molar-refractivity contribution in [2.45, 2.75) is 25.7 Å². The molecule has 1 amide bonds. The Balaban J connectivity index is 1.98. The molecule has 0 fully saturated rings. The van der Waals surface area contributed by atoms with E-state index in [1.165, 1.54) is 22.8 Å². The van der Waals surface area contributed by atoms with E-state index in [4.69, 9.17) is 4.74 Å². The molecule has 6 nitrogen and oxygen atoms in total. The number of ether oxygens (including phenoxy) is 1. The number of nitrogens with zero attached hydrogens (tertiary/aromatic N) is 2. The molecule has 0 atom stereocenters. The smallest absolute Gasteiger partial charge is 0.264 e. The van der Waals surface area contributed by atoms with E-state index in [0.29, 0.717) is 29.4 Å². The van der Waals surface area contributed by atoms with Crippen LogP contribution < -0.4 is 9.04 Å². The van der Waals surface area contributed by atoms with Crippen LogP contribution in [0.1, 0.15) is 30.4 Å². The van der Waals surface area contributed by atoms with Gasteiger partial charge in [-0.15, -0.1) is 11.3 Å². The fourth-order valence-electron chi connectivity index (χ4n) is 3.32. The van der Waals surface area contributed by atoms with Crippen molar-refractivity contribution in [2.75, 3.05) is 31.0 Å². The standard InChI is InChI=1S/C22H26N2O4S2/c1-5-23(6-2)22(25)21-15-16-14-17(8-13-20(16)29-21)24(7-3)30(26,27)19-11-9-18(28-4)10-12-19/h8-15H,5-7H2,1-4H3. The molecule has 1 aromatic heterocycles. The van der Waals surface area contributed by atoms with Crippen LogP contribution in [0.4, 0.5) is 5.69 Å². The van der Waals surface area contributed by atoms with Gasteiger partial charge in [-0.05, 0) is 74.7 Å². The van der Waals surface area contributed by atoms with Crippen molar-refractivity contribution in [1.82, 2.24) is 4.90 Å². The van der Waals surface area contributed by atoms with Gasteiger partial charge in [-0.1, -0.05) is 0 Å². The number of methoxy groups -OCH3 is 1. The van der Waals surface area contributed by atoms with Crippen LogP contribution in [-0.4, -0.2) is 46.0 Å². The molecule has 0 aliphatic carbocycles. The van der Waals surface area contributed by atoms with Crippen molar-refractivity contribution < 1.29 is 17.9 Å². The number of fused-ring (bicyclic) bond motifs is 1. The Morgan fingerprint density at radius 3 is 2.20 bits per heavy atom. The normalized spacial score (nSPS) is 11.5. The summed E-state index contributed by atoms with van der Waals surface area (Å²) < 4.78 is 33.9. The van der Waals surface area contributed by atoms with E-state index in [0.717, 1.165) is 10.1 Å². The predicted molar refractivity (Wildman–Crippen MR) is 122 cm³/mol. The summed E-state index contributed by atoms with van der Waals surface area (Å²) in [6, 6.07) is 13.7. The van der Waals surface area contributed by atoms with Crippen molar-refractivity contribution in [2.24, 2.45) is 0 Å². The lowest BCUT2D eigenvalue weighted by atomic mass is 10.2. The number of carbonyl (C=O) groups excluding carboxylic acids is 1. The van der Waals surface area contributed by atoms with E-state index >= 15 is 0 Å². The average molecular weight is 447 g/mol. The van der Waals surface area contributed by atoms with E-state index in [1.807, 2.05) is 32.0 Å². The molecule has 30 heavy (non-hydrogen) atoms. The molecule has 0 spiro atoms. The van der Waals surface area contributed by atoms with E-state index < -0.39 is 10.0 Å². The third-order valence-corrected chi connectivity index (χ3v) is 8.01. The Kier molecular flexibility index (Phi) is 6.67. The van der Waals surface area contributed by atoms with Gasteiger partial charge in [0, 0.05) is 24.3 Å². The molecule has 0 bridgehead atoms. The summed E-state index contributed by atoms with van der Waals surface area (Å²) in [5, 5.41) is 0.858. The first-order valence-electron chi connectivity index (χ1n) is 9.85. The number of rotatable bonds is 8. The Hall–Kier alpha value is -2.58. The number of amides is 1. The van der Waals surface area contributed by atoms with E-state index in [1.54, 1.807) is 42.2 Å². The lowest BCUT2D eigenvalue weighted by molar-refractivity contribution is 0.0778. The third-order valence-electron chi connectivity index (χ3n) is 4.98. The highest BCUT2D eigenvalue weighted by atomic mass is 32.2. The van der Waals surface area contributed by atoms with Gasteiger partial charge >= 0.3 is 0 Å². The number of sulfonamides is 1. The summed E-state index contributed by atoms with van der Waals surface area (Å²) in [5.41, 5.74) is 0.570. The first kappa shape index (κ1) is 22.1. The van der Waals surface area contributed by atoms with Crippen LogP contribution in [0, 0.1) is 0 Å². The Labute approximate surface area is 181 Å². The fourth-order valence-corrected chi connectivity index (χ4v) is 5.80. The van der Waals surface area contributed by atoms with Gasteiger partial charge in [0.2, 0.25) is 0 Å². The first-order chi connectivity index (χ1) is 14.3. The van der Waals surface area contributed by atoms with Crippen LogP contribution in [-0.2, 0) is 10.0 Å². The number of thiophene rings is 1. The summed E-state index contributed by atoms with van der Waals surface area (Å²) in [7, 11) is -2.18. The van der Waals surface area contributed by atoms with Gasteiger partial charge in [-0.2, -0.15) is 0 Å². The second kappa shape index (κ2) is 9.06. The zero-order valence-corrected chi connectivity index (χ0v) is 19.2. The number of anilines is 1. The van der Waals surface area contributed by atoms with Crippen molar-refractivity contribution in [3.05, 3.63) is 53.4 Å². The Morgan fingerprint density at radius 1 is 0.967 bits per heavy atom. The molecule has 8 heteroatoms. The van der Waals surface area contributed by atoms with Gasteiger partial charge in [-0.3, -0.25) is 9.10 Å². The van der Waals surface area contributed by atoms with Gasteiger partial charge in [0.25, 0.3) is 15.9 Å². The summed E-state index contributed by atoms with van der Waals surface area (Å²) in [4.78, 5) is 15.3. The minimum atomic E-state index is -3.72. The van der Waals surface area contributed by atoms with Crippen molar-refractivity contribution in [3.63, 3.8) is 0 Å². The molecule has 0 aliphatic rings. The largest absolute Gasteiger partial charge is 0.497 e. The van der Waals surface area contributed by atoms with Crippen molar-refractivity contribution in [3.8, 4) is 5.75 Å². The maximum Gasteiger partial charge on any atom is 0.264 e. The average Bonchev–Trinajstić information content (AvgIpc) is 3.18. The molecule has 160 valence electrons. The summed E-state index contributed by atoms with van der Waals surface area (Å²) in [6.07, 6.45) is 0. The maximum absolute atomic E-state index is 13.2. The van der Waals surface area contributed by atoms with Crippen LogP contribution in [0.25, 0.3) is 10.1 Å². The number of hydrogen-bond donors (Lipinski definition) is 0. The summed E-state index contributed by atoms with van der Waals surface area (Å²) >= 11 is 1.43. The van der Waals surface area contributed by atoms with E-state index in [-0.39, 0.29) is 17.3 Å². The van der Waals surface area contributed by atoms with Crippen LogP contribution >= 0.6 is 11.3 Å². The minimum absolute atomic E-state index is 0.000882. The molecule has 1 heterocycles. The van der Waals surface area contributed by atoms with Gasteiger partial charge in [0.15, 0.2) is 0 Å². The Morgan fingerprint density at radius 2 is 1.63 bits per heavy atom. The second-order valence-electron chi connectivity index (χ2n) is 6.66. The third kappa shape index (κ3) is 4.15. The van der Waals surface area contributed by atoms with Crippen LogP contribution in [0.5, 0.6) is 5.75 Å². The zero-order chi connectivity index (χ0) is 21.9. The molecule has 0 N–H and O–H groups in total. The lowest BCUT2D eigenvalue weighted by Gasteiger charge is -2.23. The van der Waals surface area contributed by atoms with Gasteiger partial charge in [0.1, 0.15) is 5.75 Å². The molecule has 2 aromatic carbocycles. The summed E-state index contributed by atoms with van der Waals surface area (Å²) in [6.45, 7) is 7.30. The van der Waals surface area contributed by atoms with Gasteiger partial charge in [0.05, 0.1) is 22.6 Å². The monoisotopic (exact) mass is 446 g/mol. The van der Waals surface area contributed by atoms with Crippen molar-refractivity contribution in [1.29, 1.82) is 0 Å². The van der Waals surface area contributed by atoms with E-state index in [2.05, 4.69) is 0 Å². The topological polar surface area (TPSA) is 66.9 Å². The number of hydrogen-bond acceptors (Lipinski definition) is 5. The molecule has 0 unspecified atom stereocenters. The summed E-state index contributed by atoms with van der Waals surface area (Å²) in [5.74, 6) is 0.600. The molecular formula is C22H26N2O4S2. The SMILES string of the molecule is CCN(CC)C(=O)c1cc2cc(N(CC)S(=O)(=O)c3ccc(OC)cc3)ccc2s1. The molecule has 3 aromatic rings. The fraction of sp³-hybridized carbons (Fsp3) is 0.318. The molecule has 3 rings (SSSR count). The highest BCUT2D eigenvalue weighted by Gasteiger charge is 2.24. The van der Waals surface area contributed by atoms with Crippen LogP contribution in [0.15, 0.2) is 53.4 Å². The van der Waals surface area contributed by atoms with Crippen LogP contribution in [0.3, 0.4) is 0 Å². The molecule has 0 saturated heterocycles. The highest BCUT2D eigenvalue weighted by molar-refractivity contribution is 7.92. The lowest BCUT2D eigenvalue weighted by Crippen LogP contribution is -2.30. The second-order valence-corrected chi connectivity index (χ2v) is 9.60. The van der Waals surface area contributed by atoms with Gasteiger partial charge in [-0.25, -0.2) is 8.42 Å². The zero-order valence-electron chi connectivity index (χ0n) is 17.6. The number of benzene rings is 2. The molecule has 0 saturated carbocycles. The van der Waals surface area contributed by atoms with Crippen LogP contribution in [0.2, 0.25) is 0 Å². The maximum atomic E-state index is 13.2. The quantitative estimate of drug-likeness (QED) is 0.507. The Bertz CT molecular complexity index is 1130. The number of carbonyl (C=O) groups is 1. The highest BCUT2D eigenvalue weighted by Crippen LogP contribution is 2.32. The minimum Gasteiger partial charge on any atom is -0.497 e. The molecule has 0 aliphatic heterocycles. The van der Waals surface area contributed by atoms with Gasteiger partial charge < -0.3 is 9.64 Å². The molecule has 0 radical (unpaired) electrons. The van der Waals surface area contributed by atoms with E-state index in [9.17, 15) is 13.2 Å². The molecular weight excluding hydrogens is 420 g/mol. The van der Waals surface area contributed by atoms with Crippen molar-refractivity contribution >= 4 is 43.0 Å².